The third-order valence-electron chi connectivity index (χ3n) is 0.793. The summed E-state index contributed by atoms with van der Waals surface area (Å²) >= 11 is 3.19. The molecule has 0 aliphatic heterocycles. The Labute approximate surface area is 74.7 Å². The summed E-state index contributed by atoms with van der Waals surface area (Å²) in [7, 11) is 0. The summed E-state index contributed by atoms with van der Waals surface area (Å²) in [5, 5.41) is 0.768. The minimum atomic E-state index is -0.480. The fourth-order valence-corrected chi connectivity index (χ4v) is 0.657. The Morgan fingerprint density at radius 1 is 1.64 bits per heavy atom. The topological polar surface area (TPSA) is 26.3 Å². The van der Waals surface area contributed by atoms with Crippen molar-refractivity contribution in [2.75, 3.05) is 11.9 Å². The lowest BCUT2D eigenvalue weighted by Gasteiger charge is -1.92. The van der Waals surface area contributed by atoms with Gasteiger partial charge in [0.2, 0.25) is 0 Å². The summed E-state index contributed by atoms with van der Waals surface area (Å²) in [5.41, 5.74) is 0. The van der Waals surface area contributed by atoms with Crippen LogP contribution in [0.3, 0.4) is 0 Å². The van der Waals surface area contributed by atoms with Gasteiger partial charge in [-0.3, -0.25) is 0 Å². The van der Waals surface area contributed by atoms with Crippen LogP contribution in [-0.2, 0) is 9.53 Å². The van der Waals surface area contributed by atoms with Gasteiger partial charge in [0.15, 0.2) is 0 Å². The molecule has 11 heavy (non-hydrogen) atoms. The van der Waals surface area contributed by atoms with Gasteiger partial charge in [-0.1, -0.05) is 34.0 Å². The molecular formula is C8H9BrO2. The molecule has 0 aromatic heterocycles. The highest BCUT2D eigenvalue weighted by Gasteiger charge is 1.90. The zero-order valence-electron chi connectivity index (χ0n) is 6.26. The van der Waals surface area contributed by atoms with Crippen LogP contribution in [0.4, 0.5) is 0 Å². The molecule has 0 amide bonds. The van der Waals surface area contributed by atoms with Gasteiger partial charge in [0, 0.05) is 11.3 Å². The first-order chi connectivity index (χ1) is 5.31. The second-order valence-corrected chi connectivity index (χ2v) is 2.25. The highest BCUT2D eigenvalue weighted by molar-refractivity contribution is 9.09. The largest absolute Gasteiger partial charge is 0.452 e. The molecule has 0 aromatic carbocycles. The molecule has 0 bridgehead atoms. The number of hydrogen-bond acceptors (Lipinski definition) is 2. The van der Waals surface area contributed by atoms with E-state index in [1.807, 2.05) is 6.08 Å². The highest BCUT2D eigenvalue weighted by Crippen LogP contribution is 1.83. The lowest BCUT2D eigenvalue weighted by Crippen LogP contribution is -2.00. The Hall–Kier alpha value is -0.750. The van der Waals surface area contributed by atoms with E-state index in [1.54, 1.807) is 13.0 Å². The summed E-state index contributed by atoms with van der Waals surface area (Å²) in [6.07, 6.45) is 3.61. The smallest absolute Gasteiger partial charge is 0.384 e. The number of esters is 1. The van der Waals surface area contributed by atoms with Crippen LogP contribution in [0.15, 0.2) is 12.2 Å². The van der Waals surface area contributed by atoms with Crippen molar-refractivity contribution < 1.29 is 9.53 Å². The van der Waals surface area contributed by atoms with E-state index in [9.17, 15) is 4.79 Å². The van der Waals surface area contributed by atoms with Crippen molar-refractivity contribution in [3.8, 4) is 11.8 Å². The average Bonchev–Trinajstić information content (AvgIpc) is 1.99. The minimum Gasteiger partial charge on any atom is -0.452 e. The lowest BCUT2D eigenvalue weighted by atomic mass is 10.5. The number of rotatable bonds is 3. The molecule has 0 heterocycles. The van der Waals surface area contributed by atoms with E-state index in [4.69, 9.17) is 0 Å². The Kier molecular flexibility index (Phi) is 6.86. The predicted molar refractivity (Wildman–Crippen MR) is 47.3 cm³/mol. The molecule has 0 aromatic rings. The van der Waals surface area contributed by atoms with Crippen molar-refractivity contribution in [3.05, 3.63) is 12.2 Å². The third-order valence-corrected chi connectivity index (χ3v) is 1.17. The van der Waals surface area contributed by atoms with Crippen LogP contribution in [0.25, 0.3) is 0 Å². The van der Waals surface area contributed by atoms with Crippen molar-refractivity contribution in [2.45, 2.75) is 6.92 Å². The predicted octanol–water partition coefficient (Wildman–Crippen LogP) is 1.50. The van der Waals surface area contributed by atoms with Crippen LogP contribution < -0.4 is 0 Å². The van der Waals surface area contributed by atoms with Gasteiger partial charge in [-0.15, -0.1) is 0 Å². The molecule has 2 nitrogen and oxygen atoms in total. The molecular weight excluding hydrogens is 208 g/mol. The first kappa shape index (κ1) is 10.2. The zero-order valence-corrected chi connectivity index (χ0v) is 7.85. The van der Waals surface area contributed by atoms with E-state index in [1.165, 1.54) is 0 Å². The van der Waals surface area contributed by atoms with E-state index in [0.717, 1.165) is 5.33 Å². The van der Waals surface area contributed by atoms with E-state index in [-0.39, 0.29) is 0 Å². The van der Waals surface area contributed by atoms with E-state index in [0.29, 0.717) is 6.61 Å². The van der Waals surface area contributed by atoms with E-state index >= 15 is 0 Å². The molecule has 0 fully saturated rings. The monoisotopic (exact) mass is 216 g/mol. The molecule has 0 aliphatic rings. The van der Waals surface area contributed by atoms with Crippen LogP contribution in [0.1, 0.15) is 6.92 Å². The quantitative estimate of drug-likeness (QED) is 0.235. The summed E-state index contributed by atoms with van der Waals surface area (Å²) in [4.78, 5) is 10.6. The molecule has 0 rings (SSSR count). The normalized spacial score (nSPS) is 8.91. The summed E-state index contributed by atoms with van der Waals surface area (Å²) in [6, 6.07) is 0. The maximum atomic E-state index is 10.6. The van der Waals surface area contributed by atoms with Gasteiger partial charge in [-0.2, -0.15) is 0 Å². The summed E-state index contributed by atoms with van der Waals surface area (Å²) in [6.45, 7) is 1.88. The van der Waals surface area contributed by atoms with Crippen LogP contribution in [0, 0.1) is 11.8 Å². The lowest BCUT2D eigenvalue weighted by molar-refractivity contribution is -0.135. The molecule has 0 saturated heterocycles. The summed E-state index contributed by atoms with van der Waals surface area (Å²) < 4.78 is 4.66. The fraction of sp³-hybridized carbons (Fsp3) is 0.375. The molecule has 0 unspecified atom stereocenters. The van der Waals surface area contributed by atoms with Gasteiger partial charge >= 0.3 is 5.97 Å². The van der Waals surface area contributed by atoms with Crippen molar-refractivity contribution in [2.24, 2.45) is 0 Å². The first-order valence-corrected chi connectivity index (χ1v) is 4.24. The van der Waals surface area contributed by atoms with Gasteiger partial charge in [-0.05, 0) is 6.92 Å². The first-order valence-electron chi connectivity index (χ1n) is 3.11. The van der Waals surface area contributed by atoms with Gasteiger partial charge in [0.25, 0.3) is 0 Å². The van der Waals surface area contributed by atoms with Gasteiger partial charge in [0.1, 0.15) is 6.61 Å². The number of allylic oxidation sites excluding steroid dienone is 1. The van der Waals surface area contributed by atoms with E-state index in [2.05, 4.69) is 32.5 Å². The third kappa shape index (κ3) is 7.14. The number of ether oxygens (including phenoxy) is 1. The van der Waals surface area contributed by atoms with Gasteiger partial charge < -0.3 is 4.74 Å². The molecule has 0 radical (unpaired) electrons. The molecule has 0 saturated carbocycles. The fourth-order valence-electron chi connectivity index (χ4n) is 0.393. The second kappa shape index (κ2) is 7.36. The minimum absolute atomic E-state index is 0.291. The SMILES string of the molecule is CC#CC(=O)OC/C=C\CBr. The number of hydrogen-bond donors (Lipinski definition) is 0. The maximum Gasteiger partial charge on any atom is 0.384 e. The number of alkyl halides is 1. The molecule has 3 heteroatoms. The molecule has 0 N–H and O–H groups in total. The average molecular weight is 217 g/mol. The molecule has 0 spiro atoms. The van der Waals surface area contributed by atoms with Gasteiger partial charge in [-0.25, -0.2) is 4.79 Å². The number of carbonyl (C=O) groups excluding carboxylic acids is 1. The standard InChI is InChI=1S/C8H9BrO2/c1-2-5-8(10)11-7-4-3-6-9/h3-4H,6-7H2,1H3/b4-3-. The molecule has 60 valence electrons. The van der Waals surface area contributed by atoms with Crippen LogP contribution in [0.2, 0.25) is 0 Å². The van der Waals surface area contributed by atoms with Crippen molar-refractivity contribution in [1.82, 2.24) is 0 Å². The van der Waals surface area contributed by atoms with Crippen LogP contribution >= 0.6 is 15.9 Å². The Bertz CT molecular complexity index is 198. The Morgan fingerprint density at radius 3 is 2.91 bits per heavy atom. The zero-order chi connectivity index (χ0) is 8.53. The second-order valence-electron chi connectivity index (χ2n) is 1.60. The van der Waals surface area contributed by atoms with Crippen molar-refractivity contribution >= 4 is 21.9 Å². The molecule has 0 aliphatic carbocycles. The summed E-state index contributed by atoms with van der Waals surface area (Å²) in [5.74, 6) is 4.24. The van der Waals surface area contributed by atoms with Gasteiger partial charge in [0.05, 0.1) is 0 Å². The van der Waals surface area contributed by atoms with Crippen LogP contribution in [0.5, 0.6) is 0 Å². The highest BCUT2D eigenvalue weighted by atomic mass is 79.9. The number of carbonyl (C=O) groups is 1. The Balaban J connectivity index is 3.44. The number of halogens is 1. The molecule has 0 atom stereocenters. The van der Waals surface area contributed by atoms with E-state index < -0.39 is 5.97 Å². The Morgan fingerprint density at radius 2 is 2.36 bits per heavy atom. The maximum absolute atomic E-state index is 10.6. The van der Waals surface area contributed by atoms with Crippen LogP contribution in [-0.4, -0.2) is 17.9 Å². The van der Waals surface area contributed by atoms with Crippen molar-refractivity contribution in [1.29, 1.82) is 0 Å². The van der Waals surface area contributed by atoms with Crippen molar-refractivity contribution in [3.63, 3.8) is 0 Å².